The van der Waals surface area contributed by atoms with Crippen molar-refractivity contribution in [3.05, 3.63) is 35.5 Å². The van der Waals surface area contributed by atoms with E-state index in [1.165, 1.54) is 6.92 Å². The number of nitrogens with one attached hydrogen (secondary N) is 1. The number of rotatable bonds is 3. The zero-order valence-electron chi connectivity index (χ0n) is 9.33. The van der Waals surface area contributed by atoms with Crippen LogP contribution in [0, 0.1) is 0 Å². The van der Waals surface area contributed by atoms with Crippen molar-refractivity contribution < 1.29 is 9.59 Å². The van der Waals surface area contributed by atoms with Crippen LogP contribution in [0.2, 0.25) is 0 Å². The largest absolute Gasteiger partial charge is 0.352 e. The van der Waals surface area contributed by atoms with Crippen molar-refractivity contribution in [1.29, 1.82) is 0 Å². The quantitative estimate of drug-likeness (QED) is 0.800. The summed E-state index contributed by atoms with van der Waals surface area (Å²) in [7, 11) is 0. The van der Waals surface area contributed by atoms with Crippen molar-refractivity contribution in [2.24, 2.45) is 0 Å². The Bertz CT molecular complexity index is 566. The van der Waals surface area contributed by atoms with Gasteiger partial charge in [0, 0.05) is 22.9 Å². The van der Waals surface area contributed by atoms with Crippen LogP contribution in [0.5, 0.6) is 0 Å². The van der Waals surface area contributed by atoms with E-state index in [-0.39, 0.29) is 11.6 Å². The van der Waals surface area contributed by atoms with Gasteiger partial charge in [-0.2, -0.15) is 0 Å². The van der Waals surface area contributed by atoms with Gasteiger partial charge < -0.3 is 4.98 Å². The van der Waals surface area contributed by atoms with E-state index in [0.717, 1.165) is 10.9 Å². The van der Waals surface area contributed by atoms with Gasteiger partial charge in [0.25, 0.3) is 0 Å². The number of benzene rings is 1. The van der Waals surface area contributed by atoms with E-state index < -0.39 is 0 Å². The molecule has 3 nitrogen and oxygen atoms in total. The smallest absolute Gasteiger partial charge is 0.178 e. The topological polar surface area (TPSA) is 49.9 Å². The Hall–Kier alpha value is -1.90. The maximum absolute atomic E-state index is 11.5. The van der Waals surface area contributed by atoms with Crippen molar-refractivity contribution >= 4 is 22.5 Å². The second kappa shape index (κ2) is 3.93. The van der Waals surface area contributed by atoms with E-state index in [4.69, 9.17) is 0 Å². The van der Waals surface area contributed by atoms with Crippen molar-refractivity contribution in [2.75, 3.05) is 0 Å². The lowest BCUT2D eigenvalue weighted by molar-refractivity contribution is 0.0982. The van der Waals surface area contributed by atoms with E-state index in [1.54, 1.807) is 18.2 Å². The van der Waals surface area contributed by atoms with Gasteiger partial charge in [-0.1, -0.05) is 6.92 Å². The highest BCUT2D eigenvalue weighted by Crippen LogP contribution is 2.18. The number of aromatic nitrogens is 1. The Kier molecular flexibility index (Phi) is 2.60. The molecule has 1 aromatic carbocycles. The van der Waals surface area contributed by atoms with Crippen LogP contribution in [0.15, 0.2) is 24.3 Å². The van der Waals surface area contributed by atoms with Gasteiger partial charge in [0.1, 0.15) is 0 Å². The third-order valence-electron chi connectivity index (χ3n) is 2.65. The Morgan fingerprint density at radius 2 is 2.00 bits per heavy atom. The fourth-order valence-corrected chi connectivity index (χ4v) is 1.69. The second-order valence-electron chi connectivity index (χ2n) is 3.82. The van der Waals surface area contributed by atoms with Crippen molar-refractivity contribution in [2.45, 2.75) is 20.3 Å². The van der Waals surface area contributed by atoms with E-state index in [9.17, 15) is 9.59 Å². The van der Waals surface area contributed by atoms with Crippen LogP contribution in [0.25, 0.3) is 10.9 Å². The number of carbonyl (C=O) groups excluding carboxylic acids is 2. The van der Waals surface area contributed by atoms with Gasteiger partial charge >= 0.3 is 0 Å². The molecule has 0 radical (unpaired) electrons. The van der Waals surface area contributed by atoms with Crippen molar-refractivity contribution in [3.63, 3.8) is 0 Å². The molecule has 2 aromatic rings. The van der Waals surface area contributed by atoms with Crippen LogP contribution in [0.3, 0.4) is 0 Å². The molecule has 0 saturated heterocycles. The SMILES string of the molecule is CCC(=O)c1cc2cc(C(C)=O)ccc2[nH]1. The molecule has 0 amide bonds. The molecular formula is C13H13NO2. The lowest BCUT2D eigenvalue weighted by Crippen LogP contribution is -1.95. The highest BCUT2D eigenvalue weighted by molar-refractivity contribution is 6.02. The van der Waals surface area contributed by atoms with Gasteiger partial charge in [-0.3, -0.25) is 9.59 Å². The Morgan fingerprint density at radius 3 is 2.62 bits per heavy atom. The number of ketones is 2. The molecule has 1 N–H and O–H groups in total. The summed E-state index contributed by atoms with van der Waals surface area (Å²) < 4.78 is 0. The zero-order valence-corrected chi connectivity index (χ0v) is 9.33. The number of hydrogen-bond acceptors (Lipinski definition) is 2. The molecule has 1 heterocycles. The molecule has 0 atom stereocenters. The first kappa shape index (κ1) is 10.6. The summed E-state index contributed by atoms with van der Waals surface area (Å²) in [6.07, 6.45) is 0.479. The molecule has 0 spiro atoms. The molecule has 0 bridgehead atoms. The van der Waals surface area contributed by atoms with Crippen LogP contribution < -0.4 is 0 Å². The summed E-state index contributed by atoms with van der Waals surface area (Å²) in [5.74, 6) is 0.118. The van der Waals surface area contributed by atoms with Gasteiger partial charge in [0.2, 0.25) is 0 Å². The predicted molar refractivity (Wildman–Crippen MR) is 62.9 cm³/mol. The molecule has 82 valence electrons. The average Bonchev–Trinajstić information content (AvgIpc) is 2.70. The normalized spacial score (nSPS) is 10.6. The van der Waals surface area contributed by atoms with Gasteiger partial charge in [-0.25, -0.2) is 0 Å². The van der Waals surface area contributed by atoms with Crippen molar-refractivity contribution in [1.82, 2.24) is 4.98 Å². The van der Waals surface area contributed by atoms with E-state index in [1.807, 2.05) is 13.0 Å². The summed E-state index contributed by atoms with van der Waals surface area (Å²) in [5, 5.41) is 0.907. The first-order chi connectivity index (χ1) is 7.61. The molecule has 2 rings (SSSR count). The third kappa shape index (κ3) is 1.76. The first-order valence-corrected chi connectivity index (χ1v) is 5.28. The monoisotopic (exact) mass is 215 g/mol. The molecule has 0 aliphatic carbocycles. The highest BCUT2D eigenvalue weighted by atomic mass is 16.1. The standard InChI is InChI=1S/C13H13NO2/c1-3-13(16)12-7-10-6-9(8(2)15)4-5-11(10)14-12/h4-7,14H,3H2,1-2H3. The summed E-state index contributed by atoms with van der Waals surface area (Å²) in [6, 6.07) is 7.20. The van der Waals surface area contributed by atoms with Crippen LogP contribution >= 0.6 is 0 Å². The average molecular weight is 215 g/mol. The molecule has 16 heavy (non-hydrogen) atoms. The number of aromatic amines is 1. The number of H-pyrrole nitrogens is 1. The van der Waals surface area contributed by atoms with Crippen molar-refractivity contribution in [3.8, 4) is 0 Å². The number of carbonyl (C=O) groups is 2. The zero-order chi connectivity index (χ0) is 11.7. The van der Waals surface area contributed by atoms with E-state index in [0.29, 0.717) is 17.7 Å². The van der Waals surface area contributed by atoms with Crippen LogP contribution in [0.1, 0.15) is 41.1 Å². The van der Waals surface area contributed by atoms with Gasteiger partial charge in [0.15, 0.2) is 11.6 Å². The minimum atomic E-state index is 0.0338. The van der Waals surface area contributed by atoms with Gasteiger partial charge in [0.05, 0.1) is 5.69 Å². The fraction of sp³-hybridized carbons (Fsp3) is 0.231. The molecule has 0 fully saturated rings. The summed E-state index contributed by atoms with van der Waals surface area (Å²) in [6.45, 7) is 3.36. The Labute approximate surface area is 93.5 Å². The fourth-order valence-electron chi connectivity index (χ4n) is 1.69. The highest BCUT2D eigenvalue weighted by Gasteiger charge is 2.08. The van der Waals surface area contributed by atoms with Crippen LogP contribution in [0.4, 0.5) is 0 Å². The number of hydrogen-bond donors (Lipinski definition) is 1. The molecular weight excluding hydrogens is 202 g/mol. The van der Waals surface area contributed by atoms with Gasteiger partial charge in [-0.05, 0) is 31.2 Å². The summed E-state index contributed by atoms with van der Waals surface area (Å²) in [5.41, 5.74) is 2.17. The van der Waals surface area contributed by atoms with Crippen LogP contribution in [-0.4, -0.2) is 16.6 Å². The molecule has 1 aromatic heterocycles. The second-order valence-corrected chi connectivity index (χ2v) is 3.82. The minimum Gasteiger partial charge on any atom is -0.352 e. The maximum atomic E-state index is 11.5. The molecule has 0 aliphatic heterocycles. The minimum absolute atomic E-state index is 0.0338. The molecule has 3 heteroatoms. The summed E-state index contributed by atoms with van der Waals surface area (Å²) >= 11 is 0. The Balaban J connectivity index is 2.54. The third-order valence-corrected chi connectivity index (χ3v) is 2.65. The Morgan fingerprint density at radius 1 is 1.25 bits per heavy atom. The lowest BCUT2D eigenvalue weighted by atomic mass is 10.1. The first-order valence-electron chi connectivity index (χ1n) is 5.28. The molecule has 0 aliphatic rings. The molecule has 0 unspecified atom stereocenters. The lowest BCUT2D eigenvalue weighted by Gasteiger charge is -1.94. The number of fused-ring (bicyclic) bond motifs is 1. The maximum Gasteiger partial charge on any atom is 0.178 e. The van der Waals surface area contributed by atoms with Gasteiger partial charge in [-0.15, -0.1) is 0 Å². The summed E-state index contributed by atoms with van der Waals surface area (Å²) in [4.78, 5) is 25.8. The van der Waals surface area contributed by atoms with Crippen LogP contribution in [-0.2, 0) is 0 Å². The van der Waals surface area contributed by atoms with E-state index in [2.05, 4.69) is 4.98 Å². The molecule has 0 saturated carbocycles. The number of Topliss-reactive ketones (excluding diaryl/α,β-unsaturated/α-hetero) is 2. The van der Waals surface area contributed by atoms with E-state index >= 15 is 0 Å². The predicted octanol–water partition coefficient (Wildman–Crippen LogP) is 2.96.